The number of benzene rings is 1. The number of amides is 2. The number of nitrogens with one attached hydrogen (secondary N) is 2. The second-order valence-electron chi connectivity index (χ2n) is 3.15. The van der Waals surface area contributed by atoms with Gasteiger partial charge in [0.1, 0.15) is 5.75 Å². The molecule has 0 unspecified atom stereocenters. The van der Waals surface area contributed by atoms with Crippen LogP contribution in [0.2, 0.25) is 0 Å². The predicted molar refractivity (Wildman–Crippen MR) is 61.5 cm³/mol. The highest BCUT2D eigenvalue weighted by Crippen LogP contribution is 2.22. The van der Waals surface area contributed by atoms with Crippen molar-refractivity contribution in [3.05, 3.63) is 24.3 Å². The van der Waals surface area contributed by atoms with E-state index >= 15 is 0 Å². The Morgan fingerprint density at radius 3 is 2.50 bits per heavy atom. The van der Waals surface area contributed by atoms with E-state index in [9.17, 15) is 9.59 Å². The third kappa shape index (κ3) is 2.27. The van der Waals surface area contributed by atoms with Crippen molar-refractivity contribution in [2.75, 3.05) is 12.4 Å². The topological polar surface area (TPSA) is 67.4 Å². The van der Waals surface area contributed by atoms with Gasteiger partial charge in [-0.25, -0.2) is 0 Å². The molecule has 0 aromatic heterocycles. The molecule has 1 saturated heterocycles. The number of ether oxygens (including phenoxy) is 1. The second-order valence-corrected chi connectivity index (χ2v) is 4.23. The van der Waals surface area contributed by atoms with Crippen LogP contribution >= 0.6 is 11.8 Å². The monoisotopic (exact) mass is 238 g/mol. The van der Waals surface area contributed by atoms with Crippen molar-refractivity contribution in [2.45, 2.75) is 5.37 Å². The number of hydrogen-bond donors (Lipinski definition) is 2. The standard InChI is InChI=1S/C10H10N2O3S/c1-15-7-4-2-6(3-5-7)11-9-8(13)12-10(14)16-9/h2-5,9,11H,1H3,(H,12,13,14)/t9-/m0/s1. The minimum atomic E-state index is -0.555. The molecule has 2 rings (SSSR count). The molecule has 2 amide bonds. The van der Waals surface area contributed by atoms with Crippen molar-refractivity contribution in [3.63, 3.8) is 0 Å². The molecule has 0 radical (unpaired) electrons. The van der Waals surface area contributed by atoms with Gasteiger partial charge < -0.3 is 10.1 Å². The van der Waals surface area contributed by atoms with Gasteiger partial charge in [-0.15, -0.1) is 0 Å². The van der Waals surface area contributed by atoms with Gasteiger partial charge in [0.2, 0.25) is 0 Å². The maximum absolute atomic E-state index is 11.3. The SMILES string of the molecule is COc1ccc(N[C@H]2SC(=O)NC2=O)cc1. The Bertz CT molecular complexity index is 419. The Kier molecular flexibility index (Phi) is 3.00. The molecule has 2 N–H and O–H groups in total. The van der Waals surface area contributed by atoms with Crippen LogP contribution in [0.3, 0.4) is 0 Å². The third-order valence-corrected chi connectivity index (χ3v) is 2.96. The summed E-state index contributed by atoms with van der Waals surface area (Å²) in [6, 6.07) is 7.13. The summed E-state index contributed by atoms with van der Waals surface area (Å²) in [5.74, 6) is 0.427. The zero-order valence-corrected chi connectivity index (χ0v) is 9.34. The molecular formula is C10H10N2O3S. The van der Waals surface area contributed by atoms with Crippen LogP contribution in [0.25, 0.3) is 0 Å². The van der Waals surface area contributed by atoms with E-state index in [2.05, 4.69) is 10.6 Å². The predicted octanol–water partition coefficient (Wildman–Crippen LogP) is 1.42. The molecule has 0 saturated carbocycles. The third-order valence-electron chi connectivity index (χ3n) is 2.08. The zero-order chi connectivity index (χ0) is 11.5. The highest BCUT2D eigenvalue weighted by molar-refractivity contribution is 8.15. The van der Waals surface area contributed by atoms with Crippen molar-refractivity contribution < 1.29 is 14.3 Å². The first kappa shape index (κ1) is 10.8. The van der Waals surface area contributed by atoms with Crippen molar-refractivity contribution in [3.8, 4) is 5.75 Å². The van der Waals surface area contributed by atoms with Gasteiger partial charge in [0.15, 0.2) is 5.37 Å². The lowest BCUT2D eigenvalue weighted by molar-refractivity contribution is -0.118. The van der Waals surface area contributed by atoms with Crippen LogP contribution in [0.15, 0.2) is 24.3 Å². The molecule has 1 heterocycles. The molecule has 0 spiro atoms. The number of methoxy groups -OCH3 is 1. The van der Waals surface area contributed by atoms with Gasteiger partial charge in [0, 0.05) is 5.69 Å². The molecular weight excluding hydrogens is 228 g/mol. The number of hydrogen-bond acceptors (Lipinski definition) is 5. The average molecular weight is 238 g/mol. The normalized spacial score (nSPS) is 19.4. The van der Waals surface area contributed by atoms with E-state index in [1.165, 1.54) is 0 Å². The zero-order valence-electron chi connectivity index (χ0n) is 8.52. The second kappa shape index (κ2) is 4.44. The number of imide groups is 1. The van der Waals surface area contributed by atoms with E-state index in [-0.39, 0.29) is 11.1 Å². The highest BCUT2D eigenvalue weighted by atomic mass is 32.2. The Morgan fingerprint density at radius 2 is 2.00 bits per heavy atom. The summed E-state index contributed by atoms with van der Waals surface area (Å²) in [5.41, 5.74) is 0.767. The van der Waals surface area contributed by atoms with E-state index < -0.39 is 5.37 Å². The summed E-state index contributed by atoms with van der Waals surface area (Å²) >= 11 is 0.937. The van der Waals surface area contributed by atoms with Crippen LogP contribution in [-0.2, 0) is 4.79 Å². The van der Waals surface area contributed by atoms with Crippen LogP contribution in [0, 0.1) is 0 Å². The fourth-order valence-corrected chi connectivity index (χ4v) is 2.02. The van der Waals surface area contributed by atoms with Gasteiger partial charge >= 0.3 is 0 Å². The largest absolute Gasteiger partial charge is 0.497 e. The highest BCUT2D eigenvalue weighted by Gasteiger charge is 2.31. The van der Waals surface area contributed by atoms with Crippen molar-refractivity contribution in [1.82, 2.24) is 5.32 Å². The summed E-state index contributed by atoms with van der Waals surface area (Å²) in [6.07, 6.45) is 0. The maximum atomic E-state index is 11.3. The fraction of sp³-hybridized carbons (Fsp3) is 0.200. The minimum Gasteiger partial charge on any atom is -0.497 e. The first-order valence-corrected chi connectivity index (χ1v) is 5.49. The number of thioether (sulfide) groups is 1. The molecule has 16 heavy (non-hydrogen) atoms. The average Bonchev–Trinajstić information content (AvgIpc) is 2.59. The molecule has 84 valence electrons. The Labute approximate surface area is 96.5 Å². The number of anilines is 1. The summed E-state index contributed by atoms with van der Waals surface area (Å²) in [6.45, 7) is 0. The van der Waals surface area contributed by atoms with E-state index in [0.717, 1.165) is 23.2 Å². The van der Waals surface area contributed by atoms with Crippen LogP contribution in [0.4, 0.5) is 10.5 Å². The lowest BCUT2D eigenvalue weighted by Crippen LogP contribution is -2.29. The molecule has 1 aromatic rings. The smallest absolute Gasteiger partial charge is 0.288 e. The first-order chi connectivity index (χ1) is 7.69. The van der Waals surface area contributed by atoms with Gasteiger partial charge in [-0.3, -0.25) is 14.9 Å². The number of rotatable bonds is 3. The van der Waals surface area contributed by atoms with Crippen LogP contribution in [0.5, 0.6) is 5.75 Å². The van der Waals surface area contributed by atoms with Gasteiger partial charge in [-0.1, -0.05) is 0 Å². The Morgan fingerprint density at radius 1 is 1.31 bits per heavy atom. The minimum absolute atomic E-state index is 0.314. The molecule has 1 aromatic carbocycles. The molecule has 0 bridgehead atoms. The molecule has 1 atom stereocenters. The van der Waals surface area contributed by atoms with Crippen molar-refractivity contribution in [1.29, 1.82) is 0 Å². The van der Waals surface area contributed by atoms with E-state index in [4.69, 9.17) is 4.74 Å². The molecule has 6 heteroatoms. The van der Waals surface area contributed by atoms with E-state index in [0.29, 0.717) is 0 Å². The first-order valence-electron chi connectivity index (χ1n) is 4.61. The van der Waals surface area contributed by atoms with Crippen molar-refractivity contribution in [2.24, 2.45) is 0 Å². The summed E-state index contributed by atoms with van der Waals surface area (Å²) in [5, 5.41) is 4.28. The lowest BCUT2D eigenvalue weighted by atomic mass is 10.3. The fourth-order valence-electron chi connectivity index (χ4n) is 1.29. The van der Waals surface area contributed by atoms with Crippen LogP contribution in [-0.4, -0.2) is 23.6 Å². The van der Waals surface area contributed by atoms with E-state index in [1.54, 1.807) is 31.4 Å². The molecule has 1 aliphatic rings. The molecule has 0 aliphatic carbocycles. The van der Waals surface area contributed by atoms with E-state index in [1.807, 2.05) is 0 Å². The van der Waals surface area contributed by atoms with Crippen molar-refractivity contribution >= 4 is 28.6 Å². The van der Waals surface area contributed by atoms with Gasteiger partial charge in [0.05, 0.1) is 7.11 Å². The lowest BCUT2D eigenvalue weighted by Gasteiger charge is -2.10. The van der Waals surface area contributed by atoms with Gasteiger partial charge in [-0.2, -0.15) is 0 Å². The number of carbonyl (C=O) groups excluding carboxylic acids is 2. The molecule has 1 aliphatic heterocycles. The summed E-state index contributed by atoms with van der Waals surface area (Å²) < 4.78 is 5.01. The maximum Gasteiger partial charge on any atom is 0.288 e. The van der Waals surface area contributed by atoms with Gasteiger partial charge in [-0.05, 0) is 36.0 Å². The number of carbonyl (C=O) groups is 2. The van der Waals surface area contributed by atoms with Crippen LogP contribution < -0.4 is 15.4 Å². The van der Waals surface area contributed by atoms with Gasteiger partial charge in [0.25, 0.3) is 11.1 Å². The Balaban J connectivity index is 2.03. The molecule has 5 nitrogen and oxygen atoms in total. The summed E-state index contributed by atoms with van der Waals surface area (Å²) in [7, 11) is 1.58. The summed E-state index contributed by atoms with van der Waals surface area (Å²) in [4.78, 5) is 22.2. The Hall–Kier alpha value is -1.69. The van der Waals surface area contributed by atoms with Crippen LogP contribution in [0.1, 0.15) is 0 Å². The quantitative estimate of drug-likeness (QED) is 0.833. The molecule has 1 fully saturated rings.